The van der Waals surface area contributed by atoms with E-state index in [1.165, 1.54) is 0 Å². The fraction of sp³-hybridized carbons (Fsp3) is 0.417. The van der Waals surface area contributed by atoms with Crippen LogP contribution in [0, 0.1) is 0 Å². The van der Waals surface area contributed by atoms with Crippen molar-refractivity contribution in [2.75, 3.05) is 6.54 Å². The van der Waals surface area contributed by atoms with Gasteiger partial charge in [-0.1, -0.05) is 12.1 Å². The smallest absolute Gasteiger partial charge is 0.260 e. The van der Waals surface area contributed by atoms with Crippen LogP contribution in [0.4, 0.5) is 0 Å². The standard InChI is InChI=1S/C12H18N2O2/c1-3-14-12(15)9(2)16-11-6-4-10(8-13)5-7-11/h4-7,9H,3,8,13H2,1-2H3,(H,14,15). The highest BCUT2D eigenvalue weighted by Crippen LogP contribution is 2.13. The zero-order valence-corrected chi connectivity index (χ0v) is 9.69. The fourth-order valence-electron chi connectivity index (χ4n) is 1.28. The van der Waals surface area contributed by atoms with Crippen molar-refractivity contribution in [1.82, 2.24) is 5.32 Å². The molecule has 88 valence electrons. The van der Waals surface area contributed by atoms with Crippen LogP contribution in [-0.2, 0) is 11.3 Å². The zero-order chi connectivity index (χ0) is 12.0. The first-order chi connectivity index (χ1) is 7.67. The molecule has 0 radical (unpaired) electrons. The van der Waals surface area contributed by atoms with E-state index >= 15 is 0 Å². The molecule has 0 aromatic heterocycles. The number of benzene rings is 1. The van der Waals surface area contributed by atoms with E-state index in [4.69, 9.17) is 10.5 Å². The second-order valence-corrected chi connectivity index (χ2v) is 3.50. The Morgan fingerprint density at radius 1 is 1.44 bits per heavy atom. The average molecular weight is 222 g/mol. The van der Waals surface area contributed by atoms with Crippen molar-refractivity contribution in [1.29, 1.82) is 0 Å². The normalized spacial score (nSPS) is 11.9. The molecule has 1 aromatic rings. The van der Waals surface area contributed by atoms with Crippen LogP contribution < -0.4 is 15.8 Å². The largest absolute Gasteiger partial charge is 0.481 e. The molecule has 0 aliphatic rings. The molecule has 0 bridgehead atoms. The molecule has 1 aromatic carbocycles. The number of carbonyl (C=O) groups is 1. The van der Waals surface area contributed by atoms with Gasteiger partial charge >= 0.3 is 0 Å². The minimum absolute atomic E-state index is 0.106. The van der Waals surface area contributed by atoms with E-state index in [-0.39, 0.29) is 5.91 Å². The minimum atomic E-state index is -0.483. The summed E-state index contributed by atoms with van der Waals surface area (Å²) in [4.78, 5) is 11.4. The molecule has 4 nitrogen and oxygen atoms in total. The first kappa shape index (κ1) is 12.5. The van der Waals surface area contributed by atoms with Crippen molar-refractivity contribution in [3.63, 3.8) is 0 Å². The summed E-state index contributed by atoms with van der Waals surface area (Å²) in [5, 5.41) is 2.70. The van der Waals surface area contributed by atoms with E-state index in [0.29, 0.717) is 18.8 Å². The third-order valence-corrected chi connectivity index (χ3v) is 2.19. The lowest BCUT2D eigenvalue weighted by Crippen LogP contribution is -2.36. The summed E-state index contributed by atoms with van der Waals surface area (Å²) in [5.41, 5.74) is 6.52. The van der Waals surface area contributed by atoms with Gasteiger partial charge in [-0.15, -0.1) is 0 Å². The van der Waals surface area contributed by atoms with Gasteiger partial charge in [-0.2, -0.15) is 0 Å². The SMILES string of the molecule is CCNC(=O)C(C)Oc1ccc(CN)cc1. The summed E-state index contributed by atoms with van der Waals surface area (Å²) in [7, 11) is 0. The third kappa shape index (κ3) is 3.55. The molecular formula is C12H18N2O2. The summed E-state index contributed by atoms with van der Waals surface area (Å²) in [5.74, 6) is 0.571. The van der Waals surface area contributed by atoms with Gasteiger partial charge in [-0.3, -0.25) is 4.79 Å². The summed E-state index contributed by atoms with van der Waals surface area (Å²) in [6.45, 7) is 4.72. The van der Waals surface area contributed by atoms with Crippen molar-refractivity contribution in [3.05, 3.63) is 29.8 Å². The minimum Gasteiger partial charge on any atom is -0.481 e. The maximum atomic E-state index is 11.4. The number of hydrogen-bond donors (Lipinski definition) is 2. The fourth-order valence-corrected chi connectivity index (χ4v) is 1.28. The van der Waals surface area contributed by atoms with Crippen molar-refractivity contribution in [3.8, 4) is 5.75 Å². The van der Waals surface area contributed by atoms with Gasteiger partial charge in [-0.05, 0) is 31.5 Å². The molecule has 1 amide bonds. The molecule has 0 aliphatic heterocycles. The maximum Gasteiger partial charge on any atom is 0.260 e. The molecule has 1 atom stereocenters. The number of amides is 1. The Kier molecular flexibility index (Phi) is 4.79. The average Bonchev–Trinajstić information content (AvgIpc) is 2.30. The first-order valence-corrected chi connectivity index (χ1v) is 5.40. The molecule has 0 heterocycles. The Morgan fingerprint density at radius 2 is 2.06 bits per heavy atom. The molecule has 1 unspecified atom stereocenters. The third-order valence-electron chi connectivity index (χ3n) is 2.19. The molecule has 0 fully saturated rings. The zero-order valence-electron chi connectivity index (χ0n) is 9.69. The Hall–Kier alpha value is -1.55. The van der Waals surface area contributed by atoms with E-state index in [1.54, 1.807) is 6.92 Å². The molecule has 0 saturated carbocycles. The van der Waals surface area contributed by atoms with Gasteiger partial charge in [0, 0.05) is 13.1 Å². The summed E-state index contributed by atoms with van der Waals surface area (Å²) in [6.07, 6.45) is -0.483. The second kappa shape index (κ2) is 6.12. The lowest BCUT2D eigenvalue weighted by atomic mass is 10.2. The van der Waals surface area contributed by atoms with E-state index in [1.807, 2.05) is 31.2 Å². The lowest BCUT2D eigenvalue weighted by molar-refractivity contribution is -0.127. The quantitative estimate of drug-likeness (QED) is 0.782. The number of likely N-dealkylation sites (N-methyl/N-ethyl adjacent to an activating group) is 1. The predicted octanol–water partition coefficient (Wildman–Crippen LogP) is 1.05. The highest BCUT2D eigenvalue weighted by Gasteiger charge is 2.12. The van der Waals surface area contributed by atoms with Crippen molar-refractivity contribution >= 4 is 5.91 Å². The molecule has 16 heavy (non-hydrogen) atoms. The first-order valence-electron chi connectivity index (χ1n) is 5.40. The number of hydrogen-bond acceptors (Lipinski definition) is 3. The molecule has 0 spiro atoms. The maximum absolute atomic E-state index is 11.4. The van der Waals surface area contributed by atoms with Crippen LogP contribution in [0.2, 0.25) is 0 Å². The lowest BCUT2D eigenvalue weighted by Gasteiger charge is -2.14. The van der Waals surface area contributed by atoms with Crippen LogP contribution in [-0.4, -0.2) is 18.6 Å². The summed E-state index contributed by atoms with van der Waals surface area (Å²) >= 11 is 0. The van der Waals surface area contributed by atoms with E-state index in [0.717, 1.165) is 5.56 Å². The van der Waals surface area contributed by atoms with Gasteiger partial charge in [0.15, 0.2) is 6.10 Å². The highest BCUT2D eigenvalue weighted by atomic mass is 16.5. The van der Waals surface area contributed by atoms with Crippen LogP contribution in [0.1, 0.15) is 19.4 Å². The Balaban J connectivity index is 2.55. The number of ether oxygens (including phenoxy) is 1. The Labute approximate surface area is 95.8 Å². The van der Waals surface area contributed by atoms with Crippen molar-refractivity contribution in [2.24, 2.45) is 5.73 Å². The van der Waals surface area contributed by atoms with Crippen LogP contribution in [0.5, 0.6) is 5.75 Å². The second-order valence-electron chi connectivity index (χ2n) is 3.50. The van der Waals surface area contributed by atoms with Crippen LogP contribution in [0.3, 0.4) is 0 Å². The van der Waals surface area contributed by atoms with Crippen molar-refractivity contribution < 1.29 is 9.53 Å². The molecule has 3 N–H and O–H groups in total. The van der Waals surface area contributed by atoms with Crippen LogP contribution in [0.25, 0.3) is 0 Å². The molecule has 4 heteroatoms. The van der Waals surface area contributed by atoms with Gasteiger partial charge in [0.05, 0.1) is 0 Å². The van der Waals surface area contributed by atoms with E-state index in [9.17, 15) is 4.79 Å². The topological polar surface area (TPSA) is 64.3 Å². The van der Waals surface area contributed by atoms with E-state index < -0.39 is 6.10 Å². The van der Waals surface area contributed by atoms with Gasteiger partial charge < -0.3 is 15.8 Å². The molecular weight excluding hydrogens is 204 g/mol. The van der Waals surface area contributed by atoms with Crippen molar-refractivity contribution in [2.45, 2.75) is 26.5 Å². The number of rotatable bonds is 5. The van der Waals surface area contributed by atoms with Gasteiger partial charge in [0.2, 0.25) is 0 Å². The highest BCUT2D eigenvalue weighted by molar-refractivity contribution is 5.80. The Bertz CT molecular complexity index is 335. The summed E-state index contributed by atoms with van der Waals surface area (Å²) in [6, 6.07) is 7.41. The van der Waals surface area contributed by atoms with Crippen LogP contribution >= 0.6 is 0 Å². The Morgan fingerprint density at radius 3 is 2.56 bits per heavy atom. The van der Waals surface area contributed by atoms with Gasteiger partial charge in [0.25, 0.3) is 5.91 Å². The van der Waals surface area contributed by atoms with E-state index in [2.05, 4.69) is 5.32 Å². The molecule has 0 aliphatic carbocycles. The number of carbonyl (C=O) groups excluding carboxylic acids is 1. The molecule has 0 saturated heterocycles. The van der Waals surface area contributed by atoms with Gasteiger partial charge in [0.1, 0.15) is 5.75 Å². The molecule has 1 rings (SSSR count). The summed E-state index contributed by atoms with van der Waals surface area (Å²) < 4.78 is 5.48. The van der Waals surface area contributed by atoms with Gasteiger partial charge in [-0.25, -0.2) is 0 Å². The predicted molar refractivity (Wildman–Crippen MR) is 63.1 cm³/mol. The monoisotopic (exact) mass is 222 g/mol. The number of nitrogens with one attached hydrogen (secondary N) is 1. The van der Waals surface area contributed by atoms with Crippen LogP contribution in [0.15, 0.2) is 24.3 Å². The number of nitrogens with two attached hydrogens (primary N) is 1.